The number of aromatic carboxylic acids is 1. The van der Waals surface area contributed by atoms with Gasteiger partial charge < -0.3 is 9.84 Å². The van der Waals surface area contributed by atoms with Crippen LogP contribution in [-0.4, -0.2) is 38.3 Å². The van der Waals surface area contributed by atoms with Crippen molar-refractivity contribution in [2.75, 3.05) is 13.2 Å². The van der Waals surface area contributed by atoms with Crippen molar-refractivity contribution < 1.29 is 18.8 Å². The molecule has 0 unspecified atom stereocenters. The van der Waals surface area contributed by atoms with Crippen LogP contribution in [0.4, 0.5) is 0 Å². The van der Waals surface area contributed by atoms with Crippen molar-refractivity contribution in [3.8, 4) is 0 Å². The lowest BCUT2D eigenvalue weighted by Crippen LogP contribution is -2.63. The summed E-state index contributed by atoms with van der Waals surface area (Å²) in [6.45, 7) is 8.78. The first-order valence-electron chi connectivity index (χ1n) is 6.78. The fraction of sp³-hybridized carbons (Fsp3) is 0.533. The third-order valence-corrected chi connectivity index (χ3v) is 4.93. The summed E-state index contributed by atoms with van der Waals surface area (Å²) in [6.07, 6.45) is 0. The lowest BCUT2D eigenvalue weighted by Gasteiger charge is -2.52. The van der Waals surface area contributed by atoms with E-state index < -0.39 is 11.5 Å². The largest absolute Gasteiger partial charge is 0.478 e. The Bertz CT molecular complexity index is 576. The van der Waals surface area contributed by atoms with E-state index in [2.05, 4.69) is 0 Å². The maximum absolute atomic E-state index is 11.7. The summed E-state index contributed by atoms with van der Waals surface area (Å²) in [7, 11) is 0. The van der Waals surface area contributed by atoms with Gasteiger partial charge >= 0.3 is 5.97 Å². The normalized spacial score (nSPS) is 17.6. The molecule has 1 fully saturated rings. The molecule has 1 aromatic rings. The second kappa shape index (κ2) is 5.51. The minimum atomic E-state index is -0.946. The van der Waals surface area contributed by atoms with E-state index in [0.717, 1.165) is 11.1 Å². The highest BCUT2D eigenvalue weighted by Gasteiger charge is 2.50. The molecule has 0 radical (unpaired) electrons. The molecule has 1 N–H and O–H groups in total. The van der Waals surface area contributed by atoms with E-state index in [1.165, 1.54) is 0 Å². The Hall–Kier alpha value is -1.24. The van der Waals surface area contributed by atoms with E-state index in [4.69, 9.17) is 9.84 Å². The van der Waals surface area contributed by atoms with Crippen LogP contribution in [0.5, 0.6) is 0 Å². The van der Waals surface area contributed by atoms with Crippen LogP contribution in [-0.2, 0) is 22.1 Å². The van der Waals surface area contributed by atoms with Crippen molar-refractivity contribution in [2.45, 2.75) is 38.8 Å². The zero-order valence-electron chi connectivity index (χ0n) is 12.7. The van der Waals surface area contributed by atoms with Gasteiger partial charge in [0.2, 0.25) is 0 Å². The summed E-state index contributed by atoms with van der Waals surface area (Å²) in [5.74, 6) is -0.946. The number of benzene rings is 1. The highest BCUT2D eigenvalue weighted by atomic mass is 32.2. The molecule has 1 saturated heterocycles. The molecule has 21 heavy (non-hydrogen) atoms. The minimum absolute atomic E-state index is 0.0640. The standard InChI is InChI=1S/C15H21NO4S/c1-10-7-11(13(17)18)5-6-12(10)15(8-20-9-15)16(21-19)14(2,3)4/h5-7,21H,8-9H2,1-4H3,(H,17,18). The number of carbonyl (C=O) groups is 1. The molecule has 1 aromatic carbocycles. The van der Waals surface area contributed by atoms with Crippen LogP contribution in [0.2, 0.25) is 0 Å². The van der Waals surface area contributed by atoms with E-state index >= 15 is 0 Å². The minimum Gasteiger partial charge on any atom is -0.478 e. The van der Waals surface area contributed by atoms with E-state index in [9.17, 15) is 9.00 Å². The van der Waals surface area contributed by atoms with E-state index in [-0.39, 0.29) is 23.0 Å². The lowest BCUT2D eigenvalue weighted by molar-refractivity contribution is -0.134. The van der Waals surface area contributed by atoms with Gasteiger partial charge in [-0.1, -0.05) is 6.07 Å². The van der Waals surface area contributed by atoms with Crippen molar-refractivity contribution >= 4 is 17.8 Å². The van der Waals surface area contributed by atoms with Gasteiger partial charge in [-0.05, 0) is 51.0 Å². The molecule has 0 bridgehead atoms. The zero-order chi connectivity index (χ0) is 15.8. The smallest absolute Gasteiger partial charge is 0.335 e. The Labute approximate surface area is 128 Å². The van der Waals surface area contributed by atoms with Gasteiger partial charge in [0.25, 0.3) is 0 Å². The quantitative estimate of drug-likeness (QED) is 0.833. The summed E-state index contributed by atoms with van der Waals surface area (Å²) in [6, 6.07) is 5.05. The first-order valence-corrected chi connectivity index (χ1v) is 7.55. The third-order valence-electron chi connectivity index (χ3n) is 3.78. The highest BCUT2D eigenvalue weighted by Crippen LogP contribution is 2.41. The van der Waals surface area contributed by atoms with Crippen LogP contribution in [0.1, 0.15) is 42.3 Å². The number of carboxylic acids is 1. The molecule has 1 aliphatic rings. The summed E-state index contributed by atoms with van der Waals surface area (Å²) in [5, 5.41) is 9.07. The summed E-state index contributed by atoms with van der Waals surface area (Å²) < 4.78 is 19.0. The monoisotopic (exact) mass is 311 g/mol. The predicted molar refractivity (Wildman–Crippen MR) is 81.8 cm³/mol. The molecule has 6 heteroatoms. The van der Waals surface area contributed by atoms with Gasteiger partial charge in [0.15, 0.2) is 0 Å². The molecule has 116 valence electrons. The average molecular weight is 311 g/mol. The van der Waals surface area contributed by atoms with Gasteiger partial charge in [0.05, 0.1) is 30.6 Å². The second-order valence-corrected chi connectivity index (χ2v) is 6.99. The number of carboxylic acid groups (broad SMARTS) is 1. The van der Waals surface area contributed by atoms with Gasteiger partial charge in [-0.15, -0.1) is 0 Å². The van der Waals surface area contributed by atoms with Crippen LogP contribution in [0.25, 0.3) is 0 Å². The Balaban J connectivity index is 2.51. The number of hydrogen-bond acceptors (Lipinski definition) is 3. The summed E-state index contributed by atoms with van der Waals surface area (Å²) in [4.78, 5) is 11.1. The van der Waals surface area contributed by atoms with E-state index in [0.29, 0.717) is 13.2 Å². The number of aryl methyl sites for hydroxylation is 1. The average Bonchev–Trinajstić information content (AvgIpc) is 2.32. The molecule has 0 aliphatic carbocycles. The molecular formula is C15H21NO4S. The number of rotatable bonds is 4. The third kappa shape index (κ3) is 2.75. The first kappa shape index (κ1) is 16.1. The van der Waals surface area contributed by atoms with Crippen LogP contribution < -0.4 is 0 Å². The molecule has 1 aliphatic heterocycles. The van der Waals surface area contributed by atoms with Crippen molar-refractivity contribution in [2.24, 2.45) is 0 Å². The van der Waals surface area contributed by atoms with E-state index in [1.807, 2.05) is 38.1 Å². The fourth-order valence-electron chi connectivity index (χ4n) is 2.85. The van der Waals surface area contributed by atoms with Gasteiger partial charge in [0, 0.05) is 5.54 Å². The second-order valence-electron chi connectivity index (χ2n) is 6.42. The van der Waals surface area contributed by atoms with Gasteiger partial charge in [-0.3, -0.25) is 0 Å². The summed E-state index contributed by atoms with van der Waals surface area (Å²) in [5.41, 5.74) is 1.33. The lowest BCUT2D eigenvalue weighted by atomic mass is 9.82. The molecule has 0 aromatic heterocycles. The zero-order valence-corrected chi connectivity index (χ0v) is 13.6. The van der Waals surface area contributed by atoms with Crippen LogP contribution in [0, 0.1) is 6.92 Å². The molecule has 1 heterocycles. The number of thiol groups is 1. The molecule has 5 nitrogen and oxygen atoms in total. The number of nitrogens with zero attached hydrogens (tertiary/aromatic N) is 1. The maximum atomic E-state index is 11.7. The highest BCUT2D eigenvalue weighted by molar-refractivity contribution is 7.63. The van der Waals surface area contributed by atoms with Crippen molar-refractivity contribution in [3.63, 3.8) is 0 Å². The predicted octanol–water partition coefficient (Wildman–Crippen LogP) is 1.88. The Morgan fingerprint density at radius 3 is 2.33 bits per heavy atom. The molecule has 0 atom stereocenters. The van der Waals surface area contributed by atoms with Crippen molar-refractivity contribution in [1.29, 1.82) is 0 Å². The van der Waals surface area contributed by atoms with Gasteiger partial charge in [-0.2, -0.15) is 0 Å². The maximum Gasteiger partial charge on any atom is 0.335 e. The van der Waals surface area contributed by atoms with Crippen LogP contribution >= 0.6 is 0 Å². The molecule has 0 amide bonds. The Morgan fingerprint density at radius 2 is 2.00 bits per heavy atom. The fourth-order valence-corrected chi connectivity index (χ4v) is 3.47. The Morgan fingerprint density at radius 1 is 1.38 bits per heavy atom. The Kier molecular flexibility index (Phi) is 4.24. The van der Waals surface area contributed by atoms with Gasteiger partial charge in [0.1, 0.15) is 5.54 Å². The van der Waals surface area contributed by atoms with Crippen molar-refractivity contribution in [1.82, 2.24) is 4.31 Å². The van der Waals surface area contributed by atoms with Gasteiger partial charge in [-0.25, -0.2) is 13.3 Å². The summed E-state index contributed by atoms with van der Waals surface area (Å²) >= 11 is -0.0640. The van der Waals surface area contributed by atoms with Crippen LogP contribution in [0.15, 0.2) is 18.2 Å². The molecular weight excluding hydrogens is 290 g/mol. The first-order chi connectivity index (χ1) is 9.72. The van der Waals surface area contributed by atoms with Crippen molar-refractivity contribution in [3.05, 3.63) is 34.9 Å². The SMILES string of the molecule is Cc1cc(C(=O)O)ccc1C1(N([SH]=O)C(C)(C)C)COC1. The number of hydrogen-bond donors (Lipinski definition) is 2. The number of ether oxygens (including phenoxy) is 1. The molecule has 2 rings (SSSR count). The molecule has 0 spiro atoms. The topological polar surface area (TPSA) is 66.8 Å². The van der Waals surface area contributed by atoms with E-state index in [1.54, 1.807) is 12.1 Å². The van der Waals surface area contributed by atoms with Crippen LogP contribution in [0.3, 0.4) is 0 Å². The molecule has 0 saturated carbocycles.